The van der Waals surface area contributed by atoms with Crippen molar-refractivity contribution < 1.29 is 33.4 Å². The van der Waals surface area contributed by atoms with Crippen molar-refractivity contribution in [2.24, 2.45) is 0 Å². The lowest BCUT2D eigenvalue weighted by molar-refractivity contribution is -0.149. The summed E-state index contributed by atoms with van der Waals surface area (Å²) in [6.45, 7) is 7.06. The van der Waals surface area contributed by atoms with Gasteiger partial charge in [0.15, 0.2) is 17.0 Å². The molecular formula is C28H42N7O7P. The quantitative estimate of drug-likeness (QED) is 0.129. The van der Waals surface area contributed by atoms with Gasteiger partial charge in [-0.1, -0.05) is 24.3 Å². The highest BCUT2D eigenvalue weighted by atomic mass is 31.2. The van der Waals surface area contributed by atoms with E-state index >= 15 is 0 Å². The third-order valence-corrected chi connectivity index (χ3v) is 9.99. The number of fused-ring (bicyclic) bond motifs is 1. The number of carbonyl (C=O) groups excluding carboxylic acids is 1. The largest absolute Gasteiger partial charge is 0.480 e. The van der Waals surface area contributed by atoms with E-state index in [-0.39, 0.29) is 54.8 Å². The molecule has 0 bridgehead atoms. The number of nitrogens with one attached hydrogen (secondary N) is 1. The molecule has 1 fully saturated rings. The third-order valence-electron chi connectivity index (χ3n) is 7.05. The number of aromatic nitrogens is 4. The Balaban J connectivity index is 1.61. The molecule has 1 aliphatic rings. The summed E-state index contributed by atoms with van der Waals surface area (Å²) in [6.07, 6.45) is 1.60. The molecule has 4 rings (SSSR count). The highest BCUT2D eigenvalue weighted by Gasteiger charge is 2.41. The number of aromatic hydroxyl groups is 1. The minimum atomic E-state index is -3.32. The molecule has 15 heteroatoms. The average Bonchev–Trinajstić information content (AvgIpc) is 3.54. The van der Waals surface area contributed by atoms with Crippen LogP contribution in [0.2, 0.25) is 0 Å². The zero-order valence-electron chi connectivity index (χ0n) is 25.4. The summed E-state index contributed by atoms with van der Waals surface area (Å²) < 4.78 is 39.6. The molecule has 4 N–H and O–H groups in total. The van der Waals surface area contributed by atoms with Gasteiger partial charge in [0.2, 0.25) is 7.44 Å². The van der Waals surface area contributed by atoms with Crippen LogP contribution in [0.15, 0.2) is 24.3 Å². The van der Waals surface area contributed by atoms with Crippen molar-refractivity contribution in [3.63, 3.8) is 0 Å². The van der Waals surface area contributed by atoms with Gasteiger partial charge in [-0.15, -0.1) is 0 Å². The van der Waals surface area contributed by atoms with E-state index in [9.17, 15) is 14.5 Å². The number of benzene rings is 1. The van der Waals surface area contributed by atoms with Crippen molar-refractivity contribution in [3.8, 4) is 12.0 Å². The third kappa shape index (κ3) is 8.01. The fraction of sp³-hybridized carbons (Fsp3) is 0.571. The smallest absolute Gasteiger partial charge is 0.323 e. The second-order valence-corrected chi connectivity index (χ2v) is 13.3. The van der Waals surface area contributed by atoms with Crippen molar-refractivity contribution in [1.82, 2.24) is 29.3 Å². The van der Waals surface area contributed by atoms with Crippen molar-refractivity contribution in [3.05, 3.63) is 35.4 Å². The van der Waals surface area contributed by atoms with Gasteiger partial charge in [-0.05, 0) is 44.7 Å². The topological polar surface area (TPSA) is 176 Å². The number of rotatable bonds is 15. The molecule has 236 valence electrons. The maximum absolute atomic E-state index is 14.8. The monoisotopic (exact) mass is 619 g/mol. The van der Waals surface area contributed by atoms with E-state index in [1.807, 2.05) is 28.9 Å². The fourth-order valence-corrected chi connectivity index (χ4v) is 8.18. The highest BCUT2D eigenvalue weighted by molar-refractivity contribution is 7.58. The van der Waals surface area contributed by atoms with Gasteiger partial charge >= 0.3 is 12.0 Å². The molecule has 3 atom stereocenters. The van der Waals surface area contributed by atoms with Crippen LogP contribution in [0.25, 0.3) is 11.2 Å². The number of ether oxygens (including phenoxy) is 4. The van der Waals surface area contributed by atoms with Crippen LogP contribution in [-0.2, 0) is 36.3 Å². The molecule has 14 nitrogen and oxygen atoms in total. The van der Waals surface area contributed by atoms with Crippen LogP contribution in [0, 0.1) is 0 Å². The number of carbonyl (C=O) groups is 1. The zero-order chi connectivity index (χ0) is 31.1. The molecule has 1 saturated heterocycles. The van der Waals surface area contributed by atoms with Crippen LogP contribution in [0.4, 0.5) is 5.82 Å². The van der Waals surface area contributed by atoms with Crippen LogP contribution in [0.1, 0.15) is 44.7 Å². The van der Waals surface area contributed by atoms with Crippen LogP contribution < -0.4 is 15.6 Å². The number of esters is 1. The molecule has 43 heavy (non-hydrogen) atoms. The summed E-state index contributed by atoms with van der Waals surface area (Å²) in [7, 11) is -0.137. The lowest BCUT2D eigenvalue weighted by atomic mass is 10.1. The second kappa shape index (κ2) is 14.5. The summed E-state index contributed by atoms with van der Waals surface area (Å²) in [6, 6.07) is 6.51. The van der Waals surface area contributed by atoms with Gasteiger partial charge in [-0.2, -0.15) is 15.0 Å². The van der Waals surface area contributed by atoms with Crippen LogP contribution in [-0.4, -0.2) is 94.0 Å². The molecule has 1 aromatic carbocycles. The number of nitrogen functional groups attached to an aromatic ring is 1. The summed E-state index contributed by atoms with van der Waals surface area (Å²) in [5.41, 5.74) is 8.24. The fourth-order valence-electron chi connectivity index (χ4n) is 5.18. The first-order valence-electron chi connectivity index (χ1n) is 14.3. The molecule has 0 radical (unpaired) electrons. The minimum absolute atomic E-state index is 0.0421. The van der Waals surface area contributed by atoms with Gasteiger partial charge < -0.3 is 29.8 Å². The van der Waals surface area contributed by atoms with Gasteiger partial charge in [0.05, 0.1) is 32.0 Å². The standard InChI is InChI=1S/C28H42N7O7P/c1-18(2)42-26(36)19(3)33-43(38,35-11-7-10-22(35)16-40-5)17-21-9-6-8-20(14-21)15-34-25-23(30-28(34)37)24(29)31-27(32-25)41-13-12-39-4/h6,8-9,14,18-19,22H,7,10-13,15-17H2,1-5H3,(H,30,37)(H,33,38)(H2,29,31,32)/t19-,22-,43?/m0/s1. The number of methoxy groups -OCH3 is 2. The van der Waals surface area contributed by atoms with E-state index in [4.69, 9.17) is 24.7 Å². The van der Waals surface area contributed by atoms with E-state index < -0.39 is 19.5 Å². The highest BCUT2D eigenvalue weighted by Crippen LogP contribution is 2.53. The first kappa shape index (κ1) is 32.6. The molecule has 0 amide bonds. The number of hydrogen-bond donors (Lipinski definition) is 3. The summed E-state index contributed by atoms with van der Waals surface area (Å²) >= 11 is 0. The number of nitrogens with zero attached hydrogens (tertiary/aromatic N) is 5. The van der Waals surface area contributed by atoms with E-state index in [1.165, 1.54) is 4.57 Å². The number of anilines is 1. The van der Waals surface area contributed by atoms with Gasteiger partial charge in [0.25, 0.3) is 6.01 Å². The first-order valence-corrected chi connectivity index (χ1v) is 16.1. The maximum Gasteiger partial charge on any atom is 0.323 e. The molecule has 3 heterocycles. The van der Waals surface area contributed by atoms with Crippen LogP contribution in [0.3, 0.4) is 0 Å². The predicted molar refractivity (Wildman–Crippen MR) is 161 cm³/mol. The van der Waals surface area contributed by atoms with Gasteiger partial charge in [0.1, 0.15) is 12.6 Å². The molecule has 0 saturated carbocycles. The number of hydrogen-bond acceptors (Lipinski definition) is 11. The Kier molecular flexibility index (Phi) is 11.0. The number of nitrogens with two attached hydrogens (primary N) is 1. The van der Waals surface area contributed by atoms with E-state index in [0.29, 0.717) is 25.4 Å². The normalized spacial score (nSPS) is 17.8. The Bertz CT molecular complexity index is 1450. The predicted octanol–water partition coefficient (Wildman–Crippen LogP) is 2.92. The molecular weight excluding hydrogens is 577 g/mol. The molecule has 2 aromatic heterocycles. The lowest BCUT2D eigenvalue weighted by Gasteiger charge is -2.35. The van der Waals surface area contributed by atoms with Gasteiger partial charge in [0, 0.05) is 26.8 Å². The van der Waals surface area contributed by atoms with Crippen molar-refractivity contribution in [1.29, 1.82) is 0 Å². The second-order valence-electron chi connectivity index (χ2n) is 10.8. The Morgan fingerprint density at radius 1 is 1.16 bits per heavy atom. The Hall–Kier alpha value is -3.29. The van der Waals surface area contributed by atoms with E-state index in [0.717, 1.165) is 24.0 Å². The summed E-state index contributed by atoms with van der Waals surface area (Å²) in [5.74, 6) is -0.380. The number of imidazole rings is 1. The minimum Gasteiger partial charge on any atom is -0.480 e. The Labute approximate surface area is 251 Å². The van der Waals surface area contributed by atoms with Crippen molar-refractivity contribution >= 4 is 30.4 Å². The Morgan fingerprint density at radius 2 is 1.93 bits per heavy atom. The molecule has 3 aromatic rings. The SMILES string of the molecule is COCCOc1nc(N)c2nc(O)n(Cc3cccc(CP(=O)(N[C@@H](C)C(=O)OC(C)C)N4CCC[C@H]4COC)c3)c2n1. The summed E-state index contributed by atoms with van der Waals surface area (Å²) in [4.78, 5) is 25.4. The van der Waals surface area contributed by atoms with Crippen molar-refractivity contribution in [2.45, 2.75) is 64.5 Å². The molecule has 0 spiro atoms. The lowest BCUT2D eigenvalue weighted by Crippen LogP contribution is -2.42. The molecule has 1 aliphatic heterocycles. The van der Waals surface area contributed by atoms with Crippen LogP contribution >= 0.6 is 7.44 Å². The van der Waals surface area contributed by atoms with E-state index in [1.54, 1.807) is 35.0 Å². The zero-order valence-corrected chi connectivity index (χ0v) is 26.3. The Morgan fingerprint density at radius 3 is 2.65 bits per heavy atom. The first-order chi connectivity index (χ1) is 20.5. The molecule has 0 aliphatic carbocycles. The van der Waals surface area contributed by atoms with Crippen molar-refractivity contribution in [2.75, 3.05) is 46.3 Å². The summed E-state index contributed by atoms with van der Waals surface area (Å²) in [5, 5.41) is 13.8. The van der Waals surface area contributed by atoms with E-state index in [2.05, 4.69) is 20.0 Å². The maximum atomic E-state index is 14.8. The van der Waals surface area contributed by atoms with Gasteiger partial charge in [-0.3, -0.25) is 13.9 Å². The van der Waals surface area contributed by atoms with Gasteiger partial charge in [-0.25, -0.2) is 9.76 Å². The molecule has 1 unspecified atom stereocenters. The van der Waals surface area contributed by atoms with Crippen LogP contribution in [0.5, 0.6) is 12.0 Å². The average molecular weight is 620 g/mol.